The molecule has 1 unspecified atom stereocenters. The minimum absolute atomic E-state index is 0.0829. The molecule has 2 aromatic rings. The molecule has 1 aliphatic heterocycles. The van der Waals surface area contributed by atoms with Crippen LogP contribution in [-0.4, -0.2) is 18.0 Å². The second kappa shape index (κ2) is 6.59. The molecular formula is C23H26N2O3. The van der Waals surface area contributed by atoms with E-state index in [-0.39, 0.29) is 23.0 Å². The smallest absolute Gasteiger partial charge is 0.163 e. The lowest BCUT2D eigenvalue weighted by Gasteiger charge is -2.34. The molecule has 0 aromatic heterocycles. The topological polar surface area (TPSA) is 70.6 Å². The van der Waals surface area contributed by atoms with E-state index < -0.39 is 0 Å². The number of Topliss-reactive ketones (excluding diaryl/α,β-unsaturated/α-hetero) is 1. The fraction of sp³-hybridized carbons (Fsp3) is 0.348. The third kappa shape index (κ3) is 3.21. The van der Waals surface area contributed by atoms with Crippen LogP contribution in [0.5, 0.6) is 11.5 Å². The number of methoxy groups -OCH3 is 1. The number of fused-ring (bicyclic) bond motifs is 1. The molecule has 1 aliphatic carbocycles. The highest BCUT2D eigenvalue weighted by atomic mass is 16.5. The molecule has 1 atom stereocenters. The van der Waals surface area contributed by atoms with Gasteiger partial charge in [-0.2, -0.15) is 0 Å². The van der Waals surface area contributed by atoms with Crippen LogP contribution >= 0.6 is 0 Å². The number of hydrogen-bond acceptors (Lipinski definition) is 5. The van der Waals surface area contributed by atoms with Crippen molar-refractivity contribution < 1.29 is 14.6 Å². The Morgan fingerprint density at radius 1 is 1.11 bits per heavy atom. The first-order valence-electron chi connectivity index (χ1n) is 9.55. The van der Waals surface area contributed by atoms with Crippen molar-refractivity contribution in [1.82, 2.24) is 0 Å². The minimum Gasteiger partial charge on any atom is -0.504 e. The number of ketones is 1. The second-order valence-electron chi connectivity index (χ2n) is 8.52. The molecule has 0 amide bonds. The van der Waals surface area contributed by atoms with Crippen molar-refractivity contribution in [3.8, 4) is 11.5 Å². The molecule has 0 fully saturated rings. The number of anilines is 2. The number of carbonyl (C=O) groups excluding carboxylic acids is 1. The molecule has 2 aromatic carbocycles. The molecule has 1 heterocycles. The Balaban J connectivity index is 1.90. The Morgan fingerprint density at radius 2 is 1.89 bits per heavy atom. The summed E-state index contributed by atoms with van der Waals surface area (Å²) in [7, 11) is 1.53. The van der Waals surface area contributed by atoms with Crippen LogP contribution in [0.15, 0.2) is 47.7 Å². The molecule has 0 spiro atoms. The molecule has 5 nitrogen and oxygen atoms in total. The van der Waals surface area contributed by atoms with Crippen molar-refractivity contribution >= 4 is 17.2 Å². The van der Waals surface area contributed by atoms with Crippen molar-refractivity contribution in [3.05, 3.63) is 58.8 Å². The van der Waals surface area contributed by atoms with E-state index in [0.717, 1.165) is 40.2 Å². The zero-order valence-electron chi connectivity index (χ0n) is 16.7. The molecule has 0 saturated heterocycles. The summed E-state index contributed by atoms with van der Waals surface area (Å²) in [6.07, 6.45) is 1.31. The van der Waals surface area contributed by atoms with Gasteiger partial charge < -0.3 is 20.5 Å². The van der Waals surface area contributed by atoms with Crippen LogP contribution in [0.1, 0.15) is 43.9 Å². The number of hydrogen-bond donors (Lipinski definition) is 3. The van der Waals surface area contributed by atoms with Crippen LogP contribution in [0.3, 0.4) is 0 Å². The first-order valence-corrected chi connectivity index (χ1v) is 9.55. The van der Waals surface area contributed by atoms with Gasteiger partial charge in [0.15, 0.2) is 17.3 Å². The van der Waals surface area contributed by atoms with Gasteiger partial charge in [-0.05, 0) is 54.2 Å². The highest BCUT2D eigenvalue weighted by Gasteiger charge is 2.38. The number of nitrogens with one attached hydrogen (secondary N) is 2. The van der Waals surface area contributed by atoms with Gasteiger partial charge in [-0.15, -0.1) is 0 Å². The van der Waals surface area contributed by atoms with Crippen molar-refractivity contribution in [2.45, 2.75) is 39.7 Å². The number of phenols is 1. The van der Waals surface area contributed by atoms with E-state index in [9.17, 15) is 9.90 Å². The van der Waals surface area contributed by atoms with E-state index in [4.69, 9.17) is 4.74 Å². The maximum Gasteiger partial charge on any atom is 0.163 e. The van der Waals surface area contributed by atoms with Gasteiger partial charge in [-0.3, -0.25) is 4.79 Å². The first kappa shape index (κ1) is 18.4. The molecule has 4 rings (SSSR count). The lowest BCUT2D eigenvalue weighted by Crippen LogP contribution is -2.31. The van der Waals surface area contributed by atoms with Gasteiger partial charge in [0.25, 0.3) is 0 Å². The van der Waals surface area contributed by atoms with E-state index in [1.165, 1.54) is 7.11 Å². The molecular weight excluding hydrogens is 352 g/mol. The SMILES string of the molecule is COc1cc(C2Nc3cc(C)ccc3NC3=C2C(=O)CC(C)(C)C3)ccc1O. The number of benzene rings is 2. The number of aryl methyl sites for hydroxylation is 1. The number of phenolic OH excluding ortho intramolecular Hbond substituents is 1. The van der Waals surface area contributed by atoms with E-state index >= 15 is 0 Å². The predicted octanol–water partition coefficient (Wildman–Crippen LogP) is 4.93. The summed E-state index contributed by atoms with van der Waals surface area (Å²) >= 11 is 0. The lowest BCUT2D eigenvalue weighted by atomic mass is 9.73. The second-order valence-corrected chi connectivity index (χ2v) is 8.52. The summed E-state index contributed by atoms with van der Waals surface area (Å²) in [5.74, 6) is 0.624. The van der Waals surface area contributed by atoms with Gasteiger partial charge in [-0.25, -0.2) is 0 Å². The Morgan fingerprint density at radius 3 is 2.64 bits per heavy atom. The van der Waals surface area contributed by atoms with Gasteiger partial charge >= 0.3 is 0 Å². The summed E-state index contributed by atoms with van der Waals surface area (Å²) in [5, 5.41) is 17.1. The maximum absolute atomic E-state index is 13.2. The maximum atomic E-state index is 13.2. The molecule has 0 saturated carbocycles. The van der Waals surface area contributed by atoms with Gasteiger partial charge in [0.05, 0.1) is 24.5 Å². The summed E-state index contributed by atoms with van der Waals surface area (Å²) in [6, 6.07) is 11.1. The zero-order chi connectivity index (χ0) is 20.1. The third-order valence-corrected chi connectivity index (χ3v) is 5.51. The Kier molecular flexibility index (Phi) is 4.33. The Labute approximate surface area is 165 Å². The van der Waals surface area contributed by atoms with Crippen LogP contribution in [0, 0.1) is 12.3 Å². The molecule has 2 aliphatic rings. The summed E-state index contributed by atoms with van der Waals surface area (Å²) in [6.45, 7) is 6.31. The molecule has 146 valence electrons. The quantitative estimate of drug-likeness (QED) is 0.691. The van der Waals surface area contributed by atoms with Crippen LogP contribution in [0.2, 0.25) is 0 Å². The van der Waals surface area contributed by atoms with Crippen LogP contribution in [0.25, 0.3) is 0 Å². The average Bonchev–Trinajstić information content (AvgIpc) is 2.77. The third-order valence-electron chi connectivity index (χ3n) is 5.51. The average molecular weight is 378 g/mol. The number of allylic oxidation sites excluding steroid dienone is 1. The van der Waals surface area contributed by atoms with E-state index in [2.05, 4.69) is 36.6 Å². The van der Waals surface area contributed by atoms with E-state index in [0.29, 0.717) is 12.2 Å². The van der Waals surface area contributed by atoms with Crippen LogP contribution in [0.4, 0.5) is 11.4 Å². The highest BCUT2D eigenvalue weighted by molar-refractivity contribution is 6.01. The standard InChI is InChI=1S/C23H26N2O3/c1-13-5-7-15-16(9-13)25-22(14-6-8-18(26)20(10-14)28-4)21-17(24-15)11-23(2,3)12-19(21)27/h5-10,22,24-26H,11-12H2,1-4H3. The number of rotatable bonds is 2. The molecule has 5 heteroatoms. The van der Waals surface area contributed by atoms with Gasteiger partial charge in [-0.1, -0.05) is 26.0 Å². The van der Waals surface area contributed by atoms with Crippen LogP contribution in [-0.2, 0) is 4.79 Å². The lowest BCUT2D eigenvalue weighted by molar-refractivity contribution is -0.118. The number of carbonyl (C=O) groups is 1. The Hall–Kier alpha value is -2.95. The molecule has 3 N–H and O–H groups in total. The van der Waals surface area contributed by atoms with Crippen molar-refractivity contribution in [2.24, 2.45) is 5.41 Å². The predicted molar refractivity (Wildman–Crippen MR) is 111 cm³/mol. The monoisotopic (exact) mass is 378 g/mol. The van der Waals surface area contributed by atoms with E-state index in [1.54, 1.807) is 12.1 Å². The largest absolute Gasteiger partial charge is 0.504 e. The van der Waals surface area contributed by atoms with E-state index in [1.807, 2.05) is 19.1 Å². The van der Waals surface area contributed by atoms with Gasteiger partial charge in [0.2, 0.25) is 0 Å². The van der Waals surface area contributed by atoms with Crippen molar-refractivity contribution in [3.63, 3.8) is 0 Å². The fourth-order valence-corrected chi connectivity index (χ4v) is 4.18. The van der Waals surface area contributed by atoms with Crippen molar-refractivity contribution in [2.75, 3.05) is 17.7 Å². The van der Waals surface area contributed by atoms with Gasteiger partial charge in [0, 0.05) is 17.7 Å². The minimum atomic E-state index is -0.316. The summed E-state index contributed by atoms with van der Waals surface area (Å²) in [5.41, 5.74) is 5.59. The summed E-state index contributed by atoms with van der Waals surface area (Å²) in [4.78, 5) is 13.2. The zero-order valence-corrected chi connectivity index (χ0v) is 16.7. The number of ether oxygens (including phenoxy) is 1. The van der Waals surface area contributed by atoms with Crippen LogP contribution < -0.4 is 15.4 Å². The van der Waals surface area contributed by atoms with Crippen molar-refractivity contribution in [1.29, 1.82) is 0 Å². The molecule has 28 heavy (non-hydrogen) atoms. The molecule has 0 radical (unpaired) electrons. The fourth-order valence-electron chi connectivity index (χ4n) is 4.18. The molecule has 0 bridgehead atoms. The number of aromatic hydroxyl groups is 1. The summed E-state index contributed by atoms with van der Waals surface area (Å²) < 4.78 is 5.30. The normalized spacial score (nSPS) is 20.4. The highest BCUT2D eigenvalue weighted by Crippen LogP contribution is 2.46. The van der Waals surface area contributed by atoms with Gasteiger partial charge in [0.1, 0.15) is 0 Å². The Bertz CT molecular complexity index is 991. The first-order chi connectivity index (χ1) is 13.3.